The van der Waals surface area contributed by atoms with Crippen molar-refractivity contribution >= 4 is 45.6 Å². The van der Waals surface area contributed by atoms with Crippen molar-refractivity contribution in [2.75, 3.05) is 7.05 Å². The first kappa shape index (κ1) is 26.2. The van der Waals surface area contributed by atoms with Crippen molar-refractivity contribution in [3.8, 4) is 16.9 Å². The molecule has 0 bridgehead atoms. The Kier molecular flexibility index (Phi) is 7.47. The number of imide groups is 1. The highest BCUT2D eigenvalue weighted by Crippen LogP contribution is 2.27. The van der Waals surface area contributed by atoms with Crippen molar-refractivity contribution < 1.29 is 23.9 Å². The molecular formula is C31H26N2O5S. The van der Waals surface area contributed by atoms with Gasteiger partial charge in [0.2, 0.25) is 5.91 Å². The van der Waals surface area contributed by atoms with E-state index in [1.54, 1.807) is 30.1 Å². The molecule has 0 aliphatic carbocycles. The van der Waals surface area contributed by atoms with Gasteiger partial charge >= 0.3 is 5.97 Å². The van der Waals surface area contributed by atoms with E-state index in [1.807, 2.05) is 60.7 Å². The van der Waals surface area contributed by atoms with Crippen LogP contribution in [0.4, 0.5) is 4.79 Å². The highest BCUT2D eigenvalue weighted by Gasteiger charge is 2.31. The van der Waals surface area contributed by atoms with Gasteiger partial charge in [-0.3, -0.25) is 24.5 Å². The second-order valence-corrected chi connectivity index (χ2v) is 10.6. The number of hydrogen-bond donors (Lipinski definition) is 1. The van der Waals surface area contributed by atoms with E-state index in [0.29, 0.717) is 24.3 Å². The number of nitrogens with one attached hydrogen (secondary N) is 1. The fraction of sp³-hybridized carbons (Fsp3) is 0.161. The number of carbonyl (C=O) groups is 4. The van der Waals surface area contributed by atoms with E-state index >= 15 is 0 Å². The number of thioether (sulfide) groups is 1. The van der Waals surface area contributed by atoms with Crippen LogP contribution in [0.1, 0.15) is 28.4 Å². The third kappa shape index (κ3) is 6.18. The van der Waals surface area contributed by atoms with Gasteiger partial charge in [-0.05, 0) is 69.8 Å². The summed E-state index contributed by atoms with van der Waals surface area (Å²) < 4.78 is 5.15. The third-order valence-electron chi connectivity index (χ3n) is 6.49. The zero-order valence-electron chi connectivity index (χ0n) is 21.5. The third-order valence-corrected chi connectivity index (χ3v) is 7.47. The summed E-state index contributed by atoms with van der Waals surface area (Å²) in [6, 6.07) is 26.8. The van der Waals surface area contributed by atoms with Gasteiger partial charge in [0.25, 0.3) is 11.1 Å². The monoisotopic (exact) mass is 538 g/mol. The van der Waals surface area contributed by atoms with Crippen LogP contribution in [0.3, 0.4) is 0 Å². The predicted molar refractivity (Wildman–Crippen MR) is 152 cm³/mol. The number of rotatable bonds is 7. The topological polar surface area (TPSA) is 92.8 Å². The molecule has 1 N–H and O–H groups in total. The van der Waals surface area contributed by atoms with E-state index in [-0.39, 0.29) is 28.3 Å². The van der Waals surface area contributed by atoms with Gasteiger partial charge in [0.15, 0.2) is 0 Å². The summed E-state index contributed by atoms with van der Waals surface area (Å²) in [7, 11) is 1.78. The van der Waals surface area contributed by atoms with Gasteiger partial charge in [-0.25, -0.2) is 0 Å². The molecule has 196 valence electrons. The lowest BCUT2D eigenvalue weighted by atomic mass is 10.00. The first-order valence-corrected chi connectivity index (χ1v) is 13.3. The normalized spacial score (nSPS) is 14.8. The number of esters is 1. The molecule has 8 heteroatoms. The van der Waals surface area contributed by atoms with Crippen LogP contribution in [0.5, 0.6) is 5.75 Å². The Bertz CT molecular complexity index is 1600. The molecule has 1 aliphatic rings. The van der Waals surface area contributed by atoms with Crippen molar-refractivity contribution in [1.82, 2.24) is 10.2 Å². The molecule has 5 rings (SSSR count). The van der Waals surface area contributed by atoms with Crippen LogP contribution in [0.2, 0.25) is 0 Å². The van der Waals surface area contributed by atoms with E-state index in [4.69, 9.17) is 4.74 Å². The Morgan fingerprint density at radius 3 is 2.33 bits per heavy atom. The van der Waals surface area contributed by atoms with Crippen LogP contribution in [0, 0.1) is 0 Å². The molecular weight excluding hydrogens is 512 g/mol. The first-order valence-electron chi connectivity index (χ1n) is 12.4. The summed E-state index contributed by atoms with van der Waals surface area (Å²) in [4.78, 5) is 49.3. The molecule has 4 aromatic carbocycles. The first-order chi connectivity index (χ1) is 18.7. The Morgan fingerprint density at radius 2 is 1.62 bits per heavy atom. The van der Waals surface area contributed by atoms with Crippen molar-refractivity contribution in [3.63, 3.8) is 0 Å². The zero-order valence-corrected chi connectivity index (χ0v) is 22.3. The molecule has 1 fully saturated rings. The molecule has 4 aromatic rings. The number of carbonyl (C=O) groups excluding carboxylic acids is 4. The fourth-order valence-electron chi connectivity index (χ4n) is 4.58. The Labute approximate surface area is 230 Å². The lowest BCUT2D eigenvalue weighted by molar-refractivity contribution is -0.131. The van der Waals surface area contributed by atoms with Crippen LogP contribution >= 0.6 is 11.8 Å². The van der Waals surface area contributed by atoms with Gasteiger partial charge in [0.1, 0.15) is 5.75 Å². The van der Waals surface area contributed by atoms with Crippen LogP contribution in [-0.2, 0) is 22.6 Å². The predicted octanol–water partition coefficient (Wildman–Crippen LogP) is 5.60. The SMILES string of the molecule is CC(=O)Oc1ccc2cc(C(=O)N(C)Cc3cccc(-c4ccc(CC5SC(=O)NC5=O)cc4)c3)ccc2c1. The van der Waals surface area contributed by atoms with Crippen molar-refractivity contribution in [3.05, 3.63) is 102 Å². The lowest BCUT2D eigenvalue weighted by Gasteiger charge is -2.18. The van der Waals surface area contributed by atoms with E-state index in [2.05, 4.69) is 11.4 Å². The van der Waals surface area contributed by atoms with Gasteiger partial charge in [-0.1, -0.05) is 66.4 Å². The second kappa shape index (κ2) is 11.1. The molecule has 1 heterocycles. The van der Waals surface area contributed by atoms with Crippen LogP contribution in [0.25, 0.3) is 21.9 Å². The Hall–Kier alpha value is -4.43. The second-order valence-electron chi connectivity index (χ2n) is 9.46. The van der Waals surface area contributed by atoms with Crippen molar-refractivity contribution in [2.24, 2.45) is 0 Å². The van der Waals surface area contributed by atoms with Crippen molar-refractivity contribution in [1.29, 1.82) is 0 Å². The fourth-order valence-corrected chi connectivity index (χ4v) is 5.44. The summed E-state index contributed by atoms with van der Waals surface area (Å²) in [6.45, 7) is 1.80. The van der Waals surface area contributed by atoms with Crippen molar-refractivity contribution in [2.45, 2.75) is 25.1 Å². The Morgan fingerprint density at radius 1 is 0.872 bits per heavy atom. The molecule has 0 aromatic heterocycles. The maximum atomic E-state index is 13.2. The molecule has 1 atom stereocenters. The maximum absolute atomic E-state index is 13.2. The van der Waals surface area contributed by atoms with Gasteiger partial charge in [0, 0.05) is 26.1 Å². The number of benzene rings is 4. The minimum absolute atomic E-state index is 0.0944. The minimum atomic E-state index is -0.388. The Balaban J connectivity index is 1.25. The van der Waals surface area contributed by atoms with Crippen LogP contribution in [-0.4, -0.2) is 40.2 Å². The number of hydrogen-bond acceptors (Lipinski definition) is 6. The quantitative estimate of drug-likeness (QED) is 0.243. The van der Waals surface area contributed by atoms with E-state index in [9.17, 15) is 19.2 Å². The van der Waals surface area contributed by atoms with Gasteiger partial charge in [-0.15, -0.1) is 0 Å². The standard InChI is InChI=1S/C31H26N2O5S/c1-19(34)38-27-13-12-24-16-26(11-10-25(24)17-27)30(36)33(2)18-21-4-3-5-23(14-21)22-8-6-20(7-9-22)15-28-29(35)32-31(37)39-28/h3-14,16-17,28H,15,18H2,1-2H3,(H,32,35,37). The number of ether oxygens (including phenoxy) is 1. The highest BCUT2D eigenvalue weighted by molar-refractivity contribution is 8.15. The molecule has 7 nitrogen and oxygen atoms in total. The summed E-state index contributed by atoms with van der Waals surface area (Å²) in [5.41, 5.74) is 4.61. The summed E-state index contributed by atoms with van der Waals surface area (Å²) >= 11 is 1.03. The molecule has 1 unspecified atom stereocenters. The average molecular weight is 539 g/mol. The summed E-state index contributed by atoms with van der Waals surface area (Å²) in [5.74, 6) is -0.241. The van der Waals surface area contributed by atoms with Crippen LogP contribution in [0.15, 0.2) is 84.9 Å². The number of nitrogens with zero attached hydrogens (tertiary/aromatic N) is 1. The molecule has 1 saturated heterocycles. The van der Waals surface area contributed by atoms with Crippen LogP contribution < -0.4 is 10.1 Å². The van der Waals surface area contributed by atoms with E-state index in [1.165, 1.54) is 6.92 Å². The lowest BCUT2D eigenvalue weighted by Crippen LogP contribution is -2.26. The summed E-state index contributed by atoms with van der Waals surface area (Å²) in [5, 5.41) is 3.40. The van der Waals surface area contributed by atoms with Gasteiger partial charge < -0.3 is 9.64 Å². The highest BCUT2D eigenvalue weighted by atomic mass is 32.2. The summed E-state index contributed by atoms with van der Waals surface area (Å²) in [6.07, 6.45) is 0.498. The van der Waals surface area contributed by atoms with Gasteiger partial charge in [-0.2, -0.15) is 0 Å². The largest absolute Gasteiger partial charge is 0.427 e. The van der Waals surface area contributed by atoms with E-state index in [0.717, 1.165) is 44.8 Å². The molecule has 0 saturated carbocycles. The van der Waals surface area contributed by atoms with Gasteiger partial charge in [0.05, 0.1) is 5.25 Å². The molecule has 1 aliphatic heterocycles. The minimum Gasteiger partial charge on any atom is -0.427 e. The van der Waals surface area contributed by atoms with E-state index < -0.39 is 0 Å². The molecule has 39 heavy (non-hydrogen) atoms. The molecule has 3 amide bonds. The number of amides is 3. The average Bonchev–Trinajstić information content (AvgIpc) is 3.24. The molecule has 0 spiro atoms. The smallest absolute Gasteiger partial charge is 0.308 e. The molecule has 0 radical (unpaired) electrons. The zero-order chi connectivity index (χ0) is 27.5. The maximum Gasteiger partial charge on any atom is 0.308 e. The number of fused-ring (bicyclic) bond motifs is 1.